The summed E-state index contributed by atoms with van der Waals surface area (Å²) in [6.07, 6.45) is 5.64. The summed E-state index contributed by atoms with van der Waals surface area (Å²) in [5.41, 5.74) is 2.87. The van der Waals surface area contributed by atoms with Gasteiger partial charge in [0.15, 0.2) is 5.96 Å². The third-order valence-electron chi connectivity index (χ3n) is 6.95. The Labute approximate surface area is 169 Å². The molecule has 28 heavy (non-hydrogen) atoms. The van der Waals surface area contributed by atoms with Crippen molar-refractivity contribution in [2.45, 2.75) is 64.8 Å². The number of aliphatic imine (C=N–C) groups is 1. The molecular formula is C23H36N4O. The van der Waals surface area contributed by atoms with Gasteiger partial charge in [0.25, 0.3) is 0 Å². The average Bonchev–Trinajstić information content (AvgIpc) is 3.17. The van der Waals surface area contributed by atoms with Gasteiger partial charge in [-0.15, -0.1) is 0 Å². The van der Waals surface area contributed by atoms with Gasteiger partial charge in [0.2, 0.25) is 0 Å². The Kier molecular flexibility index (Phi) is 5.93. The van der Waals surface area contributed by atoms with Crippen molar-refractivity contribution >= 4 is 5.96 Å². The van der Waals surface area contributed by atoms with Crippen molar-refractivity contribution in [2.75, 3.05) is 26.7 Å². The largest absolute Gasteiger partial charge is 0.377 e. The molecule has 0 spiro atoms. The molecule has 2 saturated heterocycles. The van der Waals surface area contributed by atoms with E-state index in [1.54, 1.807) is 0 Å². The van der Waals surface area contributed by atoms with Crippen molar-refractivity contribution in [3.8, 4) is 0 Å². The van der Waals surface area contributed by atoms with Gasteiger partial charge in [0.05, 0.1) is 6.10 Å². The number of fused-ring (bicyclic) bond motifs is 1. The van der Waals surface area contributed by atoms with Crippen LogP contribution in [0, 0.1) is 11.3 Å². The fourth-order valence-electron chi connectivity index (χ4n) is 5.28. The summed E-state index contributed by atoms with van der Waals surface area (Å²) >= 11 is 0. The molecule has 5 heteroatoms. The summed E-state index contributed by atoms with van der Waals surface area (Å²) in [6, 6.07) is 9.47. The number of nitrogens with zero attached hydrogens (tertiary/aromatic N) is 2. The Balaban J connectivity index is 1.27. The fraction of sp³-hybridized carbons (Fsp3) is 0.696. The SMILES string of the molecule is CN=C(NCc1ccc(CN2CCCCC2)cc1)NC1C2CCOC2C1(C)C. The van der Waals surface area contributed by atoms with E-state index in [4.69, 9.17) is 4.74 Å². The molecule has 3 fully saturated rings. The molecule has 1 aromatic rings. The van der Waals surface area contributed by atoms with Gasteiger partial charge >= 0.3 is 0 Å². The van der Waals surface area contributed by atoms with Gasteiger partial charge in [-0.25, -0.2) is 0 Å². The van der Waals surface area contributed by atoms with Crippen LogP contribution in [0.25, 0.3) is 0 Å². The summed E-state index contributed by atoms with van der Waals surface area (Å²) in [4.78, 5) is 7.02. The van der Waals surface area contributed by atoms with E-state index in [0.29, 0.717) is 18.1 Å². The first-order valence-electron chi connectivity index (χ1n) is 11.0. The molecule has 154 valence electrons. The highest BCUT2D eigenvalue weighted by atomic mass is 16.5. The number of guanidine groups is 1. The van der Waals surface area contributed by atoms with Crippen LogP contribution in [0.3, 0.4) is 0 Å². The number of nitrogens with one attached hydrogen (secondary N) is 2. The van der Waals surface area contributed by atoms with Crippen molar-refractivity contribution in [3.05, 3.63) is 35.4 Å². The van der Waals surface area contributed by atoms with Crippen LogP contribution in [0.1, 0.15) is 50.7 Å². The molecule has 1 aliphatic carbocycles. The topological polar surface area (TPSA) is 48.9 Å². The molecule has 0 radical (unpaired) electrons. The first kappa shape index (κ1) is 19.7. The quantitative estimate of drug-likeness (QED) is 0.605. The van der Waals surface area contributed by atoms with E-state index in [2.05, 4.69) is 58.6 Å². The smallest absolute Gasteiger partial charge is 0.191 e. The zero-order valence-electron chi connectivity index (χ0n) is 17.7. The van der Waals surface area contributed by atoms with Gasteiger partial charge in [0, 0.05) is 44.1 Å². The number of piperidine rings is 1. The van der Waals surface area contributed by atoms with Crippen molar-refractivity contribution < 1.29 is 4.74 Å². The van der Waals surface area contributed by atoms with Crippen LogP contribution < -0.4 is 10.6 Å². The zero-order chi connectivity index (χ0) is 19.6. The van der Waals surface area contributed by atoms with E-state index < -0.39 is 0 Å². The van der Waals surface area contributed by atoms with Crippen LogP contribution in [-0.2, 0) is 17.8 Å². The lowest BCUT2D eigenvalue weighted by atomic mass is 9.57. The highest BCUT2D eigenvalue weighted by Crippen LogP contribution is 2.52. The Morgan fingerprint density at radius 1 is 1.14 bits per heavy atom. The van der Waals surface area contributed by atoms with Crippen LogP contribution in [0.15, 0.2) is 29.3 Å². The maximum atomic E-state index is 5.90. The molecule has 1 saturated carbocycles. The van der Waals surface area contributed by atoms with Crippen molar-refractivity contribution in [1.29, 1.82) is 0 Å². The zero-order valence-corrected chi connectivity index (χ0v) is 17.7. The number of ether oxygens (including phenoxy) is 1. The number of likely N-dealkylation sites (tertiary alicyclic amines) is 1. The standard InChI is InChI=1S/C23H36N4O/c1-23(2)20(19-11-14-28-21(19)23)26-22(24-3)25-15-17-7-9-18(10-8-17)16-27-12-5-4-6-13-27/h7-10,19-21H,4-6,11-16H2,1-3H3,(H2,24,25,26). The van der Waals surface area contributed by atoms with E-state index >= 15 is 0 Å². The number of hydrogen-bond acceptors (Lipinski definition) is 3. The van der Waals surface area contributed by atoms with E-state index in [9.17, 15) is 0 Å². The molecule has 3 unspecified atom stereocenters. The Morgan fingerprint density at radius 2 is 1.86 bits per heavy atom. The third kappa shape index (κ3) is 4.06. The molecule has 2 N–H and O–H groups in total. The highest BCUT2D eigenvalue weighted by molar-refractivity contribution is 5.80. The fourth-order valence-corrected chi connectivity index (χ4v) is 5.28. The Bertz CT molecular complexity index is 678. The predicted molar refractivity (Wildman–Crippen MR) is 114 cm³/mol. The van der Waals surface area contributed by atoms with Gasteiger partial charge < -0.3 is 15.4 Å². The van der Waals surface area contributed by atoms with Gasteiger partial charge in [0.1, 0.15) is 0 Å². The Morgan fingerprint density at radius 3 is 2.57 bits per heavy atom. The first-order chi connectivity index (χ1) is 13.6. The molecule has 5 nitrogen and oxygen atoms in total. The van der Waals surface area contributed by atoms with E-state index in [0.717, 1.165) is 32.1 Å². The van der Waals surface area contributed by atoms with Crippen LogP contribution in [0.2, 0.25) is 0 Å². The monoisotopic (exact) mass is 384 g/mol. The molecule has 0 bridgehead atoms. The minimum absolute atomic E-state index is 0.162. The summed E-state index contributed by atoms with van der Waals surface area (Å²) in [7, 11) is 1.85. The second kappa shape index (κ2) is 8.42. The van der Waals surface area contributed by atoms with Gasteiger partial charge in [-0.05, 0) is 43.5 Å². The second-order valence-electron chi connectivity index (χ2n) is 9.27. The van der Waals surface area contributed by atoms with Crippen molar-refractivity contribution in [1.82, 2.24) is 15.5 Å². The van der Waals surface area contributed by atoms with Crippen LogP contribution in [0.5, 0.6) is 0 Å². The minimum atomic E-state index is 0.162. The van der Waals surface area contributed by atoms with Gasteiger partial charge in [-0.3, -0.25) is 9.89 Å². The van der Waals surface area contributed by atoms with Crippen LogP contribution in [0.4, 0.5) is 0 Å². The Hall–Kier alpha value is -1.59. The average molecular weight is 385 g/mol. The molecule has 2 heterocycles. The maximum absolute atomic E-state index is 5.90. The first-order valence-corrected chi connectivity index (χ1v) is 11.0. The third-order valence-corrected chi connectivity index (χ3v) is 6.95. The molecule has 2 aliphatic heterocycles. The van der Waals surface area contributed by atoms with Gasteiger partial charge in [-0.2, -0.15) is 0 Å². The second-order valence-corrected chi connectivity index (χ2v) is 9.27. The molecule has 3 atom stereocenters. The van der Waals surface area contributed by atoms with E-state index in [1.165, 1.54) is 43.5 Å². The number of hydrogen-bond donors (Lipinski definition) is 2. The lowest BCUT2D eigenvalue weighted by Gasteiger charge is -2.54. The molecular weight excluding hydrogens is 348 g/mol. The van der Waals surface area contributed by atoms with E-state index in [-0.39, 0.29) is 5.41 Å². The van der Waals surface area contributed by atoms with Gasteiger partial charge in [-0.1, -0.05) is 44.5 Å². The molecule has 4 rings (SSSR count). The van der Waals surface area contributed by atoms with E-state index in [1.807, 2.05) is 7.05 Å². The van der Waals surface area contributed by atoms with Crippen LogP contribution >= 0.6 is 0 Å². The lowest BCUT2D eigenvalue weighted by molar-refractivity contribution is -0.106. The minimum Gasteiger partial charge on any atom is -0.377 e. The normalized spacial score (nSPS) is 29.8. The highest BCUT2D eigenvalue weighted by Gasteiger charge is 2.59. The van der Waals surface area contributed by atoms with Crippen LogP contribution in [-0.4, -0.2) is 49.7 Å². The number of rotatable bonds is 5. The molecule has 0 aromatic heterocycles. The molecule has 3 aliphatic rings. The van der Waals surface area contributed by atoms with Crippen molar-refractivity contribution in [2.24, 2.45) is 16.3 Å². The maximum Gasteiger partial charge on any atom is 0.191 e. The summed E-state index contributed by atoms with van der Waals surface area (Å²) in [5, 5.41) is 7.14. The molecule has 1 aromatic carbocycles. The summed E-state index contributed by atoms with van der Waals surface area (Å²) in [5.74, 6) is 1.50. The predicted octanol–water partition coefficient (Wildman–Crippen LogP) is 3.15. The lowest BCUT2D eigenvalue weighted by Crippen LogP contribution is -2.67. The molecule has 0 amide bonds. The number of benzene rings is 1. The summed E-state index contributed by atoms with van der Waals surface area (Å²) in [6.45, 7) is 9.86. The summed E-state index contributed by atoms with van der Waals surface area (Å²) < 4.78 is 5.90. The van der Waals surface area contributed by atoms with Crippen molar-refractivity contribution in [3.63, 3.8) is 0 Å².